The van der Waals surface area contributed by atoms with Crippen molar-refractivity contribution in [3.8, 4) is 0 Å². The van der Waals surface area contributed by atoms with E-state index >= 15 is 0 Å². The molecule has 1 rings (SSSR count). The van der Waals surface area contributed by atoms with Gasteiger partial charge in [-0.1, -0.05) is 13.0 Å². The summed E-state index contributed by atoms with van der Waals surface area (Å²) in [6.45, 7) is 3.37. The summed E-state index contributed by atoms with van der Waals surface area (Å²) < 4.78 is 0. The molecule has 0 unspecified atom stereocenters. The minimum Gasteiger partial charge on any atom is -0.326 e. The van der Waals surface area contributed by atoms with Crippen LogP contribution in [0.15, 0.2) is 18.2 Å². The number of aryl methyl sites for hydroxylation is 1. The van der Waals surface area contributed by atoms with Crippen molar-refractivity contribution in [2.24, 2.45) is 5.73 Å². The lowest BCUT2D eigenvalue weighted by Gasteiger charge is -2.11. The van der Waals surface area contributed by atoms with Crippen LogP contribution in [-0.2, 0) is 16.0 Å². The molecule has 0 bridgehead atoms. The molecule has 0 radical (unpaired) electrons. The first-order valence-corrected chi connectivity index (χ1v) is 5.47. The summed E-state index contributed by atoms with van der Waals surface area (Å²) in [6.07, 6.45) is 0.792. The number of hydrogen-bond acceptors (Lipinski definition) is 3. The van der Waals surface area contributed by atoms with E-state index in [1.165, 1.54) is 6.92 Å². The molecule has 5 heteroatoms. The Hall–Kier alpha value is -1.88. The minimum atomic E-state index is -0.250. The number of hydrogen-bond donors (Lipinski definition) is 3. The van der Waals surface area contributed by atoms with Crippen LogP contribution in [0.25, 0.3) is 0 Å². The minimum absolute atomic E-state index is 0.0620. The molecule has 0 aromatic heterocycles. The molecule has 1 aromatic carbocycles. The number of nitrogens with two attached hydrogens (primary N) is 1. The molecule has 17 heavy (non-hydrogen) atoms. The lowest BCUT2D eigenvalue weighted by atomic mass is 10.1. The fourth-order valence-corrected chi connectivity index (χ4v) is 1.48. The van der Waals surface area contributed by atoms with Crippen molar-refractivity contribution in [2.75, 3.05) is 17.2 Å². The van der Waals surface area contributed by atoms with Crippen LogP contribution in [0.5, 0.6) is 0 Å². The number of anilines is 2. The molecule has 0 aliphatic carbocycles. The summed E-state index contributed by atoms with van der Waals surface area (Å²) in [7, 11) is 0. The third-order valence-electron chi connectivity index (χ3n) is 2.27. The normalized spacial score (nSPS) is 9.82. The zero-order valence-electron chi connectivity index (χ0n) is 10.0. The lowest BCUT2D eigenvalue weighted by molar-refractivity contribution is -0.115. The molecule has 0 saturated carbocycles. The predicted molar refractivity (Wildman–Crippen MR) is 67.8 cm³/mol. The Morgan fingerprint density at radius 3 is 2.53 bits per heavy atom. The molecule has 0 heterocycles. The number of amides is 2. The van der Waals surface area contributed by atoms with E-state index in [-0.39, 0.29) is 18.4 Å². The number of benzene rings is 1. The van der Waals surface area contributed by atoms with Crippen molar-refractivity contribution in [1.82, 2.24) is 0 Å². The number of carbonyl (C=O) groups is 2. The van der Waals surface area contributed by atoms with Crippen molar-refractivity contribution in [1.29, 1.82) is 0 Å². The second kappa shape index (κ2) is 6.00. The Morgan fingerprint density at radius 1 is 1.29 bits per heavy atom. The summed E-state index contributed by atoms with van der Waals surface area (Å²) in [5, 5.41) is 5.38. The maximum absolute atomic E-state index is 11.3. The first-order chi connectivity index (χ1) is 8.06. The quantitative estimate of drug-likeness (QED) is 0.730. The first kappa shape index (κ1) is 13.2. The highest BCUT2D eigenvalue weighted by molar-refractivity contribution is 5.95. The molecule has 92 valence electrons. The number of nitrogens with one attached hydrogen (secondary N) is 2. The first-order valence-electron chi connectivity index (χ1n) is 5.47. The molecule has 4 N–H and O–H groups in total. The Balaban J connectivity index is 2.97. The maximum atomic E-state index is 11.3. The lowest BCUT2D eigenvalue weighted by Crippen LogP contribution is -2.22. The number of rotatable bonds is 4. The predicted octanol–water partition coefficient (Wildman–Crippen LogP) is 1.10. The van der Waals surface area contributed by atoms with Crippen molar-refractivity contribution >= 4 is 23.2 Å². The molecule has 1 aromatic rings. The summed E-state index contributed by atoms with van der Waals surface area (Å²) >= 11 is 0. The molecule has 0 saturated heterocycles. The van der Waals surface area contributed by atoms with Gasteiger partial charge in [-0.2, -0.15) is 0 Å². The smallest absolute Gasteiger partial charge is 0.238 e. The molecule has 0 fully saturated rings. The van der Waals surface area contributed by atoms with Crippen LogP contribution < -0.4 is 16.4 Å². The third kappa shape index (κ3) is 3.88. The van der Waals surface area contributed by atoms with Gasteiger partial charge in [-0.25, -0.2) is 0 Å². The van der Waals surface area contributed by atoms with Crippen LogP contribution in [0.1, 0.15) is 19.4 Å². The second-order valence-electron chi connectivity index (χ2n) is 3.66. The van der Waals surface area contributed by atoms with Crippen molar-refractivity contribution in [3.63, 3.8) is 0 Å². The van der Waals surface area contributed by atoms with Crippen molar-refractivity contribution < 1.29 is 9.59 Å². The third-order valence-corrected chi connectivity index (χ3v) is 2.27. The van der Waals surface area contributed by atoms with Crippen LogP contribution in [0.3, 0.4) is 0 Å². The largest absolute Gasteiger partial charge is 0.326 e. The molecule has 0 spiro atoms. The van der Waals surface area contributed by atoms with Crippen LogP contribution in [0.2, 0.25) is 0 Å². The standard InChI is InChI=1S/C12H17N3O2/c1-3-9-4-5-10(14-8(2)16)6-11(9)15-12(17)7-13/h4-6H,3,7,13H2,1-2H3,(H,14,16)(H,15,17). The summed E-state index contributed by atoms with van der Waals surface area (Å²) in [6, 6.07) is 5.41. The Labute approximate surface area is 100 Å². The van der Waals surface area contributed by atoms with E-state index < -0.39 is 0 Å². The monoisotopic (exact) mass is 235 g/mol. The second-order valence-corrected chi connectivity index (χ2v) is 3.66. The summed E-state index contributed by atoms with van der Waals surface area (Å²) in [5.41, 5.74) is 7.59. The van der Waals surface area contributed by atoms with Gasteiger partial charge >= 0.3 is 0 Å². The van der Waals surface area contributed by atoms with E-state index in [9.17, 15) is 9.59 Å². The van der Waals surface area contributed by atoms with Gasteiger partial charge in [-0.3, -0.25) is 9.59 Å². The van der Waals surface area contributed by atoms with E-state index in [1.807, 2.05) is 13.0 Å². The van der Waals surface area contributed by atoms with Gasteiger partial charge in [0, 0.05) is 18.3 Å². The Morgan fingerprint density at radius 2 is 2.00 bits per heavy atom. The average molecular weight is 235 g/mol. The molecule has 0 aliphatic rings. The molecule has 2 amide bonds. The molecular formula is C12H17N3O2. The van der Waals surface area contributed by atoms with E-state index in [4.69, 9.17) is 5.73 Å². The zero-order valence-corrected chi connectivity index (χ0v) is 10.0. The highest BCUT2D eigenvalue weighted by Crippen LogP contribution is 2.21. The zero-order chi connectivity index (χ0) is 12.8. The van der Waals surface area contributed by atoms with E-state index in [2.05, 4.69) is 10.6 Å². The van der Waals surface area contributed by atoms with Gasteiger partial charge < -0.3 is 16.4 Å². The Kier molecular flexibility index (Phi) is 4.66. The number of carbonyl (C=O) groups excluding carboxylic acids is 2. The van der Waals surface area contributed by atoms with Gasteiger partial charge in [0.25, 0.3) is 0 Å². The fourth-order valence-electron chi connectivity index (χ4n) is 1.48. The van der Waals surface area contributed by atoms with Gasteiger partial charge in [0.2, 0.25) is 11.8 Å². The van der Waals surface area contributed by atoms with Crippen LogP contribution in [-0.4, -0.2) is 18.4 Å². The SMILES string of the molecule is CCc1ccc(NC(C)=O)cc1NC(=O)CN. The molecular weight excluding hydrogens is 218 g/mol. The van der Waals surface area contributed by atoms with Gasteiger partial charge in [0.05, 0.1) is 6.54 Å². The Bertz CT molecular complexity index is 430. The fraction of sp³-hybridized carbons (Fsp3) is 0.333. The van der Waals surface area contributed by atoms with Crippen molar-refractivity contribution in [3.05, 3.63) is 23.8 Å². The molecule has 0 aliphatic heterocycles. The van der Waals surface area contributed by atoms with Gasteiger partial charge in [0.1, 0.15) is 0 Å². The topological polar surface area (TPSA) is 84.2 Å². The van der Waals surface area contributed by atoms with E-state index in [0.29, 0.717) is 11.4 Å². The van der Waals surface area contributed by atoms with Gasteiger partial charge in [0.15, 0.2) is 0 Å². The van der Waals surface area contributed by atoms with Gasteiger partial charge in [-0.05, 0) is 24.1 Å². The van der Waals surface area contributed by atoms with Crippen LogP contribution >= 0.6 is 0 Å². The van der Waals surface area contributed by atoms with Gasteiger partial charge in [-0.15, -0.1) is 0 Å². The molecule has 5 nitrogen and oxygen atoms in total. The highest BCUT2D eigenvalue weighted by atomic mass is 16.2. The van der Waals surface area contributed by atoms with Crippen molar-refractivity contribution in [2.45, 2.75) is 20.3 Å². The summed E-state index contributed by atoms with van der Waals surface area (Å²) in [4.78, 5) is 22.2. The average Bonchev–Trinajstić information content (AvgIpc) is 2.28. The highest BCUT2D eigenvalue weighted by Gasteiger charge is 2.06. The van der Waals surface area contributed by atoms with Crippen LogP contribution in [0, 0.1) is 0 Å². The molecule has 0 atom stereocenters. The summed E-state index contributed by atoms with van der Waals surface area (Å²) in [5.74, 6) is -0.398. The van der Waals surface area contributed by atoms with Crippen LogP contribution in [0.4, 0.5) is 11.4 Å². The maximum Gasteiger partial charge on any atom is 0.238 e. The van der Waals surface area contributed by atoms with E-state index in [0.717, 1.165) is 12.0 Å². The van der Waals surface area contributed by atoms with E-state index in [1.54, 1.807) is 12.1 Å².